The highest BCUT2D eigenvalue weighted by Gasteiger charge is 2.21. The Kier molecular flexibility index (Phi) is 5.94. The van der Waals surface area contributed by atoms with Crippen molar-refractivity contribution in [2.24, 2.45) is 0 Å². The van der Waals surface area contributed by atoms with Crippen molar-refractivity contribution in [3.05, 3.63) is 29.8 Å². The number of urea groups is 1. The van der Waals surface area contributed by atoms with Gasteiger partial charge in [-0.1, -0.05) is 26.0 Å². The molecule has 4 nitrogen and oxygen atoms in total. The number of hydrogen-bond donors (Lipinski definition) is 2. The van der Waals surface area contributed by atoms with Gasteiger partial charge < -0.3 is 15.5 Å². The Hall–Kier alpha value is -1.20. The standard InChI is InChI=1S/C16H25N3OS/c1-4-17-13(3)14-5-7-15(8-6-14)18-16(20)19-9-10-21-12(2)11-19/h5-8,12-13,17H,4,9-11H2,1-3H3,(H,18,20). The van der Waals surface area contributed by atoms with Crippen molar-refractivity contribution in [1.29, 1.82) is 0 Å². The highest BCUT2D eigenvalue weighted by molar-refractivity contribution is 7.99. The molecule has 1 heterocycles. The van der Waals surface area contributed by atoms with Gasteiger partial charge in [-0.15, -0.1) is 0 Å². The maximum Gasteiger partial charge on any atom is 0.321 e. The monoisotopic (exact) mass is 307 g/mol. The molecule has 1 aliphatic rings. The summed E-state index contributed by atoms with van der Waals surface area (Å²) in [6.07, 6.45) is 0. The predicted octanol–water partition coefficient (Wildman–Crippen LogP) is 3.33. The molecule has 2 rings (SSSR count). The third kappa shape index (κ3) is 4.64. The Balaban J connectivity index is 1.92. The molecule has 21 heavy (non-hydrogen) atoms. The van der Waals surface area contributed by atoms with Crippen LogP contribution in [0.2, 0.25) is 0 Å². The zero-order valence-electron chi connectivity index (χ0n) is 13.1. The third-order valence-electron chi connectivity index (χ3n) is 3.70. The molecule has 1 saturated heterocycles. The van der Waals surface area contributed by atoms with Crippen LogP contribution < -0.4 is 10.6 Å². The highest BCUT2D eigenvalue weighted by atomic mass is 32.2. The van der Waals surface area contributed by atoms with Gasteiger partial charge in [0.2, 0.25) is 0 Å². The van der Waals surface area contributed by atoms with Gasteiger partial charge in [-0.25, -0.2) is 4.79 Å². The summed E-state index contributed by atoms with van der Waals surface area (Å²) in [6, 6.07) is 8.43. The third-order valence-corrected chi connectivity index (χ3v) is 4.84. The summed E-state index contributed by atoms with van der Waals surface area (Å²) >= 11 is 1.93. The molecule has 116 valence electrons. The summed E-state index contributed by atoms with van der Waals surface area (Å²) in [7, 11) is 0. The van der Waals surface area contributed by atoms with Crippen LogP contribution in [0.3, 0.4) is 0 Å². The Labute approximate surface area is 131 Å². The molecule has 2 N–H and O–H groups in total. The van der Waals surface area contributed by atoms with Crippen molar-refractivity contribution in [2.45, 2.75) is 32.1 Å². The number of carbonyl (C=O) groups excluding carboxylic acids is 1. The van der Waals surface area contributed by atoms with Gasteiger partial charge in [-0.3, -0.25) is 0 Å². The number of hydrogen-bond acceptors (Lipinski definition) is 3. The zero-order valence-corrected chi connectivity index (χ0v) is 13.9. The van der Waals surface area contributed by atoms with Crippen LogP contribution in [0.15, 0.2) is 24.3 Å². The van der Waals surface area contributed by atoms with Crippen molar-refractivity contribution < 1.29 is 4.79 Å². The number of nitrogens with zero attached hydrogens (tertiary/aromatic N) is 1. The fraction of sp³-hybridized carbons (Fsp3) is 0.562. The molecule has 0 bridgehead atoms. The lowest BCUT2D eigenvalue weighted by Gasteiger charge is -2.30. The topological polar surface area (TPSA) is 44.4 Å². The second-order valence-corrected chi connectivity index (χ2v) is 7.01. The largest absolute Gasteiger partial charge is 0.323 e. The van der Waals surface area contributed by atoms with E-state index in [4.69, 9.17) is 0 Å². The van der Waals surface area contributed by atoms with Crippen LogP contribution in [0.25, 0.3) is 0 Å². The van der Waals surface area contributed by atoms with E-state index in [1.54, 1.807) is 0 Å². The van der Waals surface area contributed by atoms with Crippen LogP contribution in [0, 0.1) is 0 Å². The minimum Gasteiger partial charge on any atom is -0.323 e. The number of rotatable bonds is 4. The summed E-state index contributed by atoms with van der Waals surface area (Å²) < 4.78 is 0. The fourth-order valence-corrected chi connectivity index (χ4v) is 3.50. The van der Waals surface area contributed by atoms with E-state index in [0.717, 1.165) is 31.1 Å². The van der Waals surface area contributed by atoms with E-state index in [1.807, 2.05) is 28.8 Å². The summed E-state index contributed by atoms with van der Waals surface area (Å²) in [6.45, 7) is 9.01. The Bertz CT molecular complexity index is 463. The molecule has 2 atom stereocenters. The molecule has 0 spiro atoms. The Morgan fingerprint density at radius 1 is 1.43 bits per heavy atom. The molecule has 0 radical (unpaired) electrons. The van der Waals surface area contributed by atoms with E-state index in [9.17, 15) is 4.79 Å². The van der Waals surface area contributed by atoms with Gasteiger partial charge in [0.25, 0.3) is 0 Å². The molecular weight excluding hydrogens is 282 g/mol. The van der Waals surface area contributed by atoms with E-state index in [2.05, 4.69) is 43.5 Å². The average Bonchev–Trinajstić information content (AvgIpc) is 2.48. The predicted molar refractivity (Wildman–Crippen MR) is 91.0 cm³/mol. The van der Waals surface area contributed by atoms with E-state index >= 15 is 0 Å². The van der Waals surface area contributed by atoms with E-state index in [1.165, 1.54) is 5.56 Å². The highest BCUT2D eigenvalue weighted by Crippen LogP contribution is 2.20. The zero-order chi connectivity index (χ0) is 15.2. The maximum atomic E-state index is 12.2. The molecule has 1 aliphatic heterocycles. The lowest BCUT2D eigenvalue weighted by molar-refractivity contribution is 0.214. The van der Waals surface area contributed by atoms with E-state index in [0.29, 0.717) is 11.3 Å². The molecule has 0 aliphatic carbocycles. The summed E-state index contributed by atoms with van der Waals surface area (Å²) in [5, 5.41) is 6.89. The van der Waals surface area contributed by atoms with E-state index in [-0.39, 0.29) is 6.03 Å². The van der Waals surface area contributed by atoms with Gasteiger partial charge in [0.1, 0.15) is 0 Å². The van der Waals surface area contributed by atoms with Crippen molar-refractivity contribution in [2.75, 3.05) is 30.7 Å². The first kappa shape index (κ1) is 16.2. The van der Waals surface area contributed by atoms with Crippen LogP contribution in [-0.2, 0) is 0 Å². The molecule has 0 saturated carbocycles. The molecule has 2 unspecified atom stereocenters. The minimum atomic E-state index is 0.00892. The molecule has 2 amide bonds. The van der Waals surface area contributed by atoms with Crippen LogP contribution >= 0.6 is 11.8 Å². The summed E-state index contributed by atoms with van der Waals surface area (Å²) in [4.78, 5) is 14.1. The van der Waals surface area contributed by atoms with Crippen LogP contribution in [0.4, 0.5) is 10.5 Å². The molecule has 1 aromatic carbocycles. The van der Waals surface area contributed by atoms with Gasteiger partial charge in [0.15, 0.2) is 0 Å². The van der Waals surface area contributed by atoms with Gasteiger partial charge in [0, 0.05) is 35.8 Å². The number of anilines is 1. The first-order valence-corrected chi connectivity index (χ1v) is 8.66. The van der Waals surface area contributed by atoms with Gasteiger partial charge in [0.05, 0.1) is 0 Å². The van der Waals surface area contributed by atoms with Crippen LogP contribution in [0.1, 0.15) is 32.4 Å². The molecule has 1 fully saturated rings. The lowest BCUT2D eigenvalue weighted by atomic mass is 10.1. The summed E-state index contributed by atoms with van der Waals surface area (Å²) in [5.41, 5.74) is 2.09. The first-order valence-electron chi connectivity index (χ1n) is 7.61. The molecule has 5 heteroatoms. The van der Waals surface area contributed by atoms with Crippen LogP contribution in [0.5, 0.6) is 0 Å². The van der Waals surface area contributed by atoms with Crippen molar-refractivity contribution in [3.8, 4) is 0 Å². The molecule has 1 aromatic rings. The smallest absolute Gasteiger partial charge is 0.321 e. The Morgan fingerprint density at radius 2 is 2.14 bits per heavy atom. The fourth-order valence-electron chi connectivity index (χ4n) is 2.48. The molecule has 0 aromatic heterocycles. The normalized spacial score (nSPS) is 20.1. The first-order chi connectivity index (χ1) is 10.1. The number of amides is 2. The molecular formula is C16H25N3OS. The van der Waals surface area contributed by atoms with Gasteiger partial charge in [-0.2, -0.15) is 11.8 Å². The quantitative estimate of drug-likeness (QED) is 0.897. The number of carbonyl (C=O) groups is 1. The van der Waals surface area contributed by atoms with Crippen molar-refractivity contribution >= 4 is 23.5 Å². The van der Waals surface area contributed by atoms with E-state index < -0.39 is 0 Å². The SMILES string of the molecule is CCNC(C)c1ccc(NC(=O)N2CCSC(C)C2)cc1. The summed E-state index contributed by atoms with van der Waals surface area (Å²) in [5.74, 6) is 1.02. The minimum absolute atomic E-state index is 0.00892. The maximum absolute atomic E-state index is 12.2. The number of nitrogens with one attached hydrogen (secondary N) is 2. The lowest BCUT2D eigenvalue weighted by Crippen LogP contribution is -2.43. The van der Waals surface area contributed by atoms with Crippen molar-refractivity contribution in [3.63, 3.8) is 0 Å². The van der Waals surface area contributed by atoms with Crippen LogP contribution in [-0.4, -0.2) is 41.6 Å². The number of thioether (sulfide) groups is 1. The van der Waals surface area contributed by atoms with Gasteiger partial charge >= 0.3 is 6.03 Å². The Morgan fingerprint density at radius 3 is 2.76 bits per heavy atom. The number of benzene rings is 1. The van der Waals surface area contributed by atoms with Gasteiger partial charge in [-0.05, 0) is 31.2 Å². The van der Waals surface area contributed by atoms with Crippen molar-refractivity contribution in [1.82, 2.24) is 10.2 Å². The second-order valence-electron chi connectivity index (χ2n) is 5.46. The second kappa shape index (κ2) is 7.71. The average molecular weight is 307 g/mol.